The lowest BCUT2D eigenvalue weighted by Crippen LogP contribution is -2.15. The number of carbonyl (C=O) groups is 2. The van der Waals surface area contributed by atoms with Gasteiger partial charge in [-0.1, -0.05) is 125 Å². The van der Waals surface area contributed by atoms with E-state index in [9.17, 15) is 9.59 Å². The van der Waals surface area contributed by atoms with Crippen LogP contribution in [0.1, 0.15) is 40.1 Å². The molecule has 0 amide bonds. The Balaban J connectivity index is 0.000000237. The van der Waals surface area contributed by atoms with Crippen molar-refractivity contribution in [2.75, 3.05) is 31.0 Å². The molecular formula is C35H32Cl3N5O4S2. The highest BCUT2D eigenvalue weighted by molar-refractivity contribution is 7.98. The fraction of sp³-hybridized carbons (Fsp3) is 0.200. The number of halogens is 3. The normalized spacial score (nSPS) is 10.5. The smallest absolute Gasteiger partial charge is 0.344 e. The van der Waals surface area contributed by atoms with Gasteiger partial charge in [0.05, 0.1) is 24.6 Å². The Labute approximate surface area is 308 Å². The molecule has 0 atom stereocenters. The highest BCUT2D eigenvalue weighted by Crippen LogP contribution is 2.31. The highest BCUT2D eigenvalue weighted by atomic mass is 35.5. The summed E-state index contributed by atoms with van der Waals surface area (Å²) in [7, 11) is 0. The molecule has 0 fully saturated rings. The number of thioether (sulfide) groups is 2. The van der Waals surface area contributed by atoms with E-state index in [1.807, 2.05) is 79.2 Å². The van der Waals surface area contributed by atoms with Gasteiger partial charge < -0.3 is 14.8 Å². The van der Waals surface area contributed by atoms with E-state index in [1.165, 1.54) is 23.5 Å². The molecular weight excluding hydrogens is 725 g/mol. The first kappa shape index (κ1) is 37.9. The molecule has 0 saturated heterocycles. The third-order valence-corrected chi connectivity index (χ3v) is 8.57. The number of anilines is 1. The summed E-state index contributed by atoms with van der Waals surface area (Å²) in [6.45, 7) is 4.39. The van der Waals surface area contributed by atoms with Crippen molar-refractivity contribution in [1.29, 1.82) is 0 Å². The van der Waals surface area contributed by atoms with Crippen molar-refractivity contribution in [3.05, 3.63) is 111 Å². The van der Waals surface area contributed by atoms with Crippen molar-refractivity contribution in [1.82, 2.24) is 19.9 Å². The first-order chi connectivity index (χ1) is 23.7. The lowest BCUT2D eigenvalue weighted by molar-refractivity contribution is 0.0517. The van der Waals surface area contributed by atoms with Crippen molar-refractivity contribution in [2.45, 2.75) is 30.7 Å². The summed E-state index contributed by atoms with van der Waals surface area (Å²) in [5.74, 6) is -0.597. The summed E-state index contributed by atoms with van der Waals surface area (Å²) in [5, 5.41) is 5.48. The molecule has 2 aromatic heterocycles. The molecule has 0 aliphatic heterocycles. The van der Waals surface area contributed by atoms with Crippen LogP contribution in [0.2, 0.25) is 15.2 Å². The molecule has 49 heavy (non-hydrogen) atoms. The second-order valence-corrected chi connectivity index (χ2v) is 12.5. The molecule has 0 radical (unpaired) electrons. The van der Waals surface area contributed by atoms with E-state index >= 15 is 0 Å². The van der Waals surface area contributed by atoms with Crippen LogP contribution in [0.3, 0.4) is 0 Å². The number of aromatic nitrogens is 4. The van der Waals surface area contributed by atoms with E-state index in [0.717, 1.165) is 16.7 Å². The van der Waals surface area contributed by atoms with E-state index in [-0.39, 0.29) is 23.9 Å². The summed E-state index contributed by atoms with van der Waals surface area (Å²) in [6, 6.07) is 24.1. The van der Waals surface area contributed by atoms with Gasteiger partial charge in [-0.15, -0.1) is 0 Å². The molecule has 2 heterocycles. The van der Waals surface area contributed by atoms with Crippen LogP contribution < -0.4 is 5.32 Å². The number of hydrogen-bond donors (Lipinski definition) is 1. The molecule has 0 saturated carbocycles. The van der Waals surface area contributed by atoms with Crippen molar-refractivity contribution < 1.29 is 19.1 Å². The Morgan fingerprint density at radius 2 is 1.20 bits per heavy atom. The number of hydrogen-bond acceptors (Lipinski definition) is 11. The van der Waals surface area contributed by atoms with Crippen molar-refractivity contribution >= 4 is 76.1 Å². The standard InChI is InChI=1S/C21H19Cl2N3O2S.C14H13ClN2O2S/c1-3-28-20(27)17-18(13-7-5-4-6-8-13)25-21(29-2)26-19(17)24-12-14-9-10-15(22)11-16(14)23;1-3-19-13(18)10-11(9-7-5-4-6-8-9)16-14(20-2)17-12(10)15/h4-11H,3,12H2,1-2H3,(H,24,25,26);4-8H,3H2,1-2H3. The van der Waals surface area contributed by atoms with Crippen LogP contribution in [0.5, 0.6) is 0 Å². The third kappa shape index (κ3) is 10.1. The number of rotatable bonds is 11. The summed E-state index contributed by atoms with van der Waals surface area (Å²) in [5.41, 5.74) is 3.95. The Kier molecular flexibility index (Phi) is 14.5. The van der Waals surface area contributed by atoms with Crippen molar-refractivity contribution in [2.24, 2.45) is 0 Å². The lowest BCUT2D eigenvalue weighted by Gasteiger charge is -2.16. The molecule has 0 bridgehead atoms. The fourth-order valence-corrected chi connectivity index (χ4v) is 5.90. The minimum Gasteiger partial charge on any atom is -0.462 e. The fourth-order valence-electron chi connectivity index (χ4n) is 4.40. The molecule has 1 N–H and O–H groups in total. The zero-order chi connectivity index (χ0) is 35.3. The van der Waals surface area contributed by atoms with Gasteiger partial charge in [0.25, 0.3) is 0 Å². The van der Waals surface area contributed by atoms with Gasteiger partial charge >= 0.3 is 11.9 Å². The SMILES string of the molecule is CCOC(=O)c1c(Cl)nc(SC)nc1-c1ccccc1.CCOC(=O)c1c(NCc2ccc(Cl)cc2Cl)nc(SC)nc1-c1ccccc1. The van der Waals surface area contributed by atoms with Crippen molar-refractivity contribution in [3.8, 4) is 22.5 Å². The maximum Gasteiger partial charge on any atom is 0.344 e. The van der Waals surface area contributed by atoms with E-state index in [0.29, 0.717) is 49.7 Å². The van der Waals surface area contributed by atoms with E-state index in [2.05, 4.69) is 25.3 Å². The Bertz CT molecular complexity index is 1900. The number of nitrogens with one attached hydrogen (secondary N) is 1. The molecule has 14 heteroatoms. The Hall–Kier alpha value is -3.87. The average molecular weight is 757 g/mol. The predicted octanol–water partition coefficient (Wildman–Crippen LogP) is 9.66. The predicted molar refractivity (Wildman–Crippen MR) is 199 cm³/mol. The first-order valence-electron chi connectivity index (χ1n) is 14.9. The molecule has 0 spiro atoms. The van der Waals surface area contributed by atoms with Gasteiger partial charge in [-0.3, -0.25) is 0 Å². The number of benzene rings is 3. The minimum atomic E-state index is -0.510. The second kappa shape index (κ2) is 18.8. The van der Waals surface area contributed by atoms with Crippen LogP contribution in [0.25, 0.3) is 22.5 Å². The van der Waals surface area contributed by atoms with E-state index in [4.69, 9.17) is 44.3 Å². The molecule has 9 nitrogen and oxygen atoms in total. The molecule has 3 aromatic carbocycles. The van der Waals surface area contributed by atoms with Gasteiger partial charge in [0.2, 0.25) is 0 Å². The van der Waals surface area contributed by atoms with Crippen LogP contribution in [0, 0.1) is 0 Å². The molecule has 254 valence electrons. The van der Waals surface area contributed by atoms with Gasteiger partial charge in [-0.05, 0) is 44.1 Å². The first-order valence-corrected chi connectivity index (χ1v) is 18.5. The number of esters is 2. The summed E-state index contributed by atoms with van der Waals surface area (Å²) < 4.78 is 10.3. The van der Waals surface area contributed by atoms with Crippen LogP contribution in [-0.2, 0) is 16.0 Å². The molecule has 5 aromatic rings. The van der Waals surface area contributed by atoms with Gasteiger partial charge in [-0.2, -0.15) is 0 Å². The minimum absolute atomic E-state index is 0.113. The van der Waals surface area contributed by atoms with Crippen molar-refractivity contribution in [3.63, 3.8) is 0 Å². The number of ether oxygens (including phenoxy) is 2. The highest BCUT2D eigenvalue weighted by Gasteiger charge is 2.24. The maximum atomic E-state index is 12.8. The van der Waals surface area contributed by atoms with Crippen LogP contribution in [0.4, 0.5) is 5.82 Å². The quantitative estimate of drug-likeness (QED) is 0.0601. The second-order valence-electron chi connectivity index (χ2n) is 9.77. The monoisotopic (exact) mass is 755 g/mol. The third-order valence-electron chi connectivity index (χ3n) is 6.61. The van der Waals surface area contributed by atoms with Gasteiger partial charge in [0, 0.05) is 27.7 Å². The van der Waals surface area contributed by atoms with Gasteiger partial charge in [0.15, 0.2) is 10.3 Å². The van der Waals surface area contributed by atoms with Crippen LogP contribution in [-0.4, -0.2) is 57.6 Å². The Morgan fingerprint density at radius 3 is 1.71 bits per heavy atom. The number of nitrogens with zero attached hydrogens (tertiary/aromatic N) is 4. The molecule has 0 unspecified atom stereocenters. The van der Waals surface area contributed by atoms with Crippen LogP contribution >= 0.6 is 58.3 Å². The van der Waals surface area contributed by atoms with Crippen LogP contribution in [0.15, 0.2) is 89.2 Å². The van der Waals surface area contributed by atoms with Gasteiger partial charge in [0.1, 0.15) is 22.1 Å². The maximum absolute atomic E-state index is 12.8. The topological polar surface area (TPSA) is 116 Å². The molecule has 0 aliphatic carbocycles. The molecule has 5 rings (SSSR count). The van der Waals surface area contributed by atoms with E-state index in [1.54, 1.807) is 26.0 Å². The largest absolute Gasteiger partial charge is 0.462 e. The number of carbonyl (C=O) groups excluding carboxylic acids is 2. The Morgan fingerprint density at radius 1 is 0.694 bits per heavy atom. The summed E-state index contributed by atoms with van der Waals surface area (Å²) in [6.07, 6.45) is 3.73. The van der Waals surface area contributed by atoms with Gasteiger partial charge in [-0.25, -0.2) is 29.5 Å². The zero-order valence-electron chi connectivity index (χ0n) is 27.0. The average Bonchev–Trinajstić information content (AvgIpc) is 3.11. The zero-order valence-corrected chi connectivity index (χ0v) is 30.9. The molecule has 0 aliphatic rings. The lowest BCUT2D eigenvalue weighted by atomic mass is 10.1. The summed E-state index contributed by atoms with van der Waals surface area (Å²) >= 11 is 21.1. The van der Waals surface area contributed by atoms with E-state index < -0.39 is 11.9 Å². The summed E-state index contributed by atoms with van der Waals surface area (Å²) in [4.78, 5) is 42.4.